The Morgan fingerprint density at radius 3 is 2.76 bits per heavy atom. The number of rotatable bonds is 0. The summed E-state index contributed by atoms with van der Waals surface area (Å²) in [4.78, 5) is 11.3. The number of anilines is 1. The zero-order valence-corrected chi connectivity index (χ0v) is 8.80. The summed E-state index contributed by atoms with van der Waals surface area (Å²) in [5.74, 6) is -0.151. The quantitative estimate of drug-likeness (QED) is 0.763. The molecule has 2 rings (SSSR count). The second-order valence-electron chi connectivity index (χ2n) is 3.71. The molecule has 3 nitrogen and oxygen atoms in total. The van der Waals surface area contributed by atoms with Crippen molar-refractivity contribution in [1.82, 2.24) is 0 Å². The van der Waals surface area contributed by atoms with Crippen LogP contribution < -0.4 is 10.1 Å². The van der Waals surface area contributed by atoms with E-state index >= 15 is 0 Å². The first kappa shape index (κ1) is 11.8. The number of fused-ring (bicyclic) bond motifs is 1. The van der Waals surface area contributed by atoms with Crippen LogP contribution in [0.4, 0.5) is 18.9 Å². The molecule has 1 amide bonds. The van der Waals surface area contributed by atoms with Crippen molar-refractivity contribution in [2.45, 2.75) is 19.0 Å². The lowest BCUT2D eigenvalue weighted by molar-refractivity contribution is -0.137. The van der Waals surface area contributed by atoms with E-state index in [1.165, 1.54) is 6.07 Å². The summed E-state index contributed by atoms with van der Waals surface area (Å²) in [6.45, 7) is 0.238. The smallest absolute Gasteiger partial charge is 0.416 e. The summed E-state index contributed by atoms with van der Waals surface area (Å²) in [7, 11) is 0. The van der Waals surface area contributed by atoms with Crippen molar-refractivity contribution in [1.29, 1.82) is 0 Å². The van der Waals surface area contributed by atoms with Crippen molar-refractivity contribution in [3.63, 3.8) is 0 Å². The van der Waals surface area contributed by atoms with Gasteiger partial charge < -0.3 is 10.1 Å². The van der Waals surface area contributed by atoms with Crippen LogP contribution in [0.25, 0.3) is 0 Å². The molecule has 92 valence electrons. The first-order valence-corrected chi connectivity index (χ1v) is 5.11. The third kappa shape index (κ3) is 2.69. The lowest BCUT2D eigenvalue weighted by Crippen LogP contribution is -2.17. The molecule has 1 aliphatic rings. The second-order valence-corrected chi connectivity index (χ2v) is 3.71. The zero-order valence-electron chi connectivity index (χ0n) is 8.80. The summed E-state index contributed by atoms with van der Waals surface area (Å²) in [6, 6.07) is 3.03. The van der Waals surface area contributed by atoms with Crippen LogP contribution in [0, 0.1) is 0 Å². The molecule has 0 unspecified atom stereocenters. The highest BCUT2D eigenvalue weighted by atomic mass is 19.4. The number of ether oxygens (including phenoxy) is 1. The van der Waals surface area contributed by atoms with Crippen molar-refractivity contribution in [3.8, 4) is 5.75 Å². The molecule has 17 heavy (non-hydrogen) atoms. The van der Waals surface area contributed by atoms with Gasteiger partial charge in [0.15, 0.2) is 0 Å². The molecule has 0 saturated carbocycles. The fourth-order valence-corrected chi connectivity index (χ4v) is 1.55. The first-order chi connectivity index (χ1) is 7.97. The Labute approximate surface area is 95.6 Å². The topological polar surface area (TPSA) is 38.3 Å². The molecular formula is C11H10F3NO2. The number of alkyl halides is 3. The molecular weight excluding hydrogens is 235 g/mol. The molecule has 0 saturated heterocycles. The summed E-state index contributed by atoms with van der Waals surface area (Å²) < 4.78 is 42.6. The second kappa shape index (κ2) is 4.27. The summed E-state index contributed by atoms with van der Waals surface area (Å²) in [6.07, 6.45) is -3.62. The maximum Gasteiger partial charge on any atom is 0.416 e. The largest absolute Gasteiger partial charge is 0.491 e. The third-order valence-electron chi connectivity index (χ3n) is 2.39. The van der Waals surface area contributed by atoms with Gasteiger partial charge in [-0.15, -0.1) is 0 Å². The molecule has 0 aromatic heterocycles. The average Bonchev–Trinajstić information content (AvgIpc) is 2.21. The normalized spacial score (nSPS) is 16.3. The van der Waals surface area contributed by atoms with Gasteiger partial charge in [-0.1, -0.05) is 0 Å². The van der Waals surface area contributed by atoms with E-state index in [2.05, 4.69) is 5.32 Å². The van der Waals surface area contributed by atoms with Crippen LogP contribution in [-0.2, 0) is 11.0 Å². The van der Waals surface area contributed by atoms with Gasteiger partial charge in [-0.3, -0.25) is 4.79 Å². The number of hydrogen-bond donors (Lipinski definition) is 1. The monoisotopic (exact) mass is 245 g/mol. The van der Waals surface area contributed by atoms with E-state index in [1.807, 2.05) is 0 Å². The van der Waals surface area contributed by atoms with Crippen LogP contribution in [0.15, 0.2) is 18.2 Å². The van der Waals surface area contributed by atoms with Crippen LogP contribution >= 0.6 is 0 Å². The fourth-order valence-electron chi connectivity index (χ4n) is 1.55. The van der Waals surface area contributed by atoms with Crippen LogP contribution in [-0.4, -0.2) is 12.5 Å². The van der Waals surface area contributed by atoms with Gasteiger partial charge in [0.25, 0.3) is 0 Å². The number of halogens is 3. The minimum absolute atomic E-state index is 0.0628. The van der Waals surface area contributed by atoms with Crippen molar-refractivity contribution in [2.24, 2.45) is 0 Å². The van der Waals surface area contributed by atoms with Crippen molar-refractivity contribution >= 4 is 11.6 Å². The van der Waals surface area contributed by atoms with E-state index in [1.54, 1.807) is 0 Å². The molecule has 0 spiro atoms. The predicted octanol–water partition coefficient (Wildman–Crippen LogP) is 2.82. The van der Waals surface area contributed by atoms with Gasteiger partial charge in [-0.25, -0.2) is 0 Å². The van der Waals surface area contributed by atoms with Crippen LogP contribution in [0.5, 0.6) is 5.75 Å². The highest BCUT2D eigenvalue weighted by molar-refractivity contribution is 5.92. The van der Waals surface area contributed by atoms with E-state index in [0.29, 0.717) is 12.8 Å². The third-order valence-corrected chi connectivity index (χ3v) is 2.39. The fraction of sp³-hybridized carbons (Fsp3) is 0.364. The van der Waals surface area contributed by atoms with Gasteiger partial charge in [0, 0.05) is 6.42 Å². The molecule has 0 atom stereocenters. The van der Waals surface area contributed by atoms with Gasteiger partial charge in [0.2, 0.25) is 5.91 Å². The standard InChI is InChI=1S/C11H10F3NO2/c12-11(13,14)7-3-4-8-9(6-7)17-5-1-2-10(16)15-8/h3-4,6H,1-2,5H2,(H,15,16). The van der Waals surface area contributed by atoms with Crippen molar-refractivity contribution in [2.75, 3.05) is 11.9 Å². The Balaban J connectivity index is 2.36. The van der Waals surface area contributed by atoms with Crippen molar-refractivity contribution in [3.05, 3.63) is 23.8 Å². The number of nitrogens with one attached hydrogen (secondary N) is 1. The van der Waals surface area contributed by atoms with E-state index in [9.17, 15) is 18.0 Å². The van der Waals surface area contributed by atoms with E-state index in [0.717, 1.165) is 12.1 Å². The van der Waals surface area contributed by atoms with Crippen LogP contribution in [0.2, 0.25) is 0 Å². The Morgan fingerprint density at radius 1 is 1.29 bits per heavy atom. The van der Waals surface area contributed by atoms with Gasteiger partial charge in [0.05, 0.1) is 17.9 Å². The van der Waals surface area contributed by atoms with Gasteiger partial charge >= 0.3 is 6.18 Å². The molecule has 1 aliphatic heterocycles. The molecule has 6 heteroatoms. The Hall–Kier alpha value is -1.72. The Morgan fingerprint density at radius 2 is 2.06 bits per heavy atom. The number of carbonyl (C=O) groups is 1. The Bertz CT molecular complexity index is 443. The van der Waals surface area contributed by atoms with Crippen LogP contribution in [0.3, 0.4) is 0 Å². The number of benzene rings is 1. The first-order valence-electron chi connectivity index (χ1n) is 5.11. The highest BCUT2D eigenvalue weighted by Gasteiger charge is 2.31. The summed E-state index contributed by atoms with van der Waals surface area (Å²) in [5.41, 5.74) is -0.506. The molecule has 0 radical (unpaired) electrons. The molecule has 0 aliphatic carbocycles. The van der Waals surface area contributed by atoms with E-state index in [4.69, 9.17) is 4.74 Å². The summed E-state index contributed by atoms with van der Waals surface area (Å²) >= 11 is 0. The minimum Gasteiger partial charge on any atom is -0.491 e. The molecule has 0 bridgehead atoms. The lowest BCUT2D eigenvalue weighted by atomic mass is 10.1. The number of amides is 1. The molecule has 1 heterocycles. The Kier molecular flexibility index (Phi) is 2.95. The van der Waals surface area contributed by atoms with Gasteiger partial charge in [0.1, 0.15) is 5.75 Å². The van der Waals surface area contributed by atoms with Crippen LogP contribution in [0.1, 0.15) is 18.4 Å². The van der Waals surface area contributed by atoms with Crippen molar-refractivity contribution < 1.29 is 22.7 Å². The molecule has 1 N–H and O–H groups in total. The SMILES string of the molecule is O=C1CCCOc2cc(C(F)(F)F)ccc2N1. The van der Waals surface area contributed by atoms with Gasteiger partial charge in [-0.2, -0.15) is 13.2 Å². The number of hydrogen-bond acceptors (Lipinski definition) is 2. The average molecular weight is 245 g/mol. The number of carbonyl (C=O) groups excluding carboxylic acids is 1. The molecule has 0 fully saturated rings. The van der Waals surface area contributed by atoms with E-state index in [-0.39, 0.29) is 24.0 Å². The maximum atomic E-state index is 12.5. The summed E-state index contributed by atoms with van der Waals surface area (Å²) in [5, 5.41) is 2.51. The maximum absolute atomic E-state index is 12.5. The highest BCUT2D eigenvalue weighted by Crippen LogP contribution is 2.35. The van der Waals surface area contributed by atoms with E-state index < -0.39 is 11.7 Å². The lowest BCUT2D eigenvalue weighted by Gasteiger charge is -2.17. The predicted molar refractivity (Wildman–Crippen MR) is 54.8 cm³/mol. The molecule has 1 aromatic carbocycles. The van der Waals surface area contributed by atoms with Gasteiger partial charge in [-0.05, 0) is 24.6 Å². The molecule has 1 aromatic rings. The zero-order chi connectivity index (χ0) is 12.5. The minimum atomic E-state index is -4.41.